The molecule has 0 unspecified atom stereocenters. The van der Waals surface area contributed by atoms with Crippen molar-refractivity contribution in [3.63, 3.8) is 0 Å². The number of benzene rings is 2. The van der Waals surface area contributed by atoms with Crippen LogP contribution in [0.25, 0.3) is 10.6 Å². The number of rotatable bonds is 7. The largest absolute Gasteiger partial charge is 0.454 e. The molecule has 0 saturated heterocycles. The van der Waals surface area contributed by atoms with E-state index in [0.29, 0.717) is 28.1 Å². The summed E-state index contributed by atoms with van der Waals surface area (Å²) in [6.07, 6.45) is 5.73. The van der Waals surface area contributed by atoms with E-state index in [1.165, 1.54) is 17.8 Å². The van der Waals surface area contributed by atoms with Crippen LogP contribution in [0.15, 0.2) is 48.5 Å². The summed E-state index contributed by atoms with van der Waals surface area (Å²) in [5, 5.41) is 18.0. The Balaban J connectivity index is 1.26. The molecule has 35 heavy (non-hydrogen) atoms. The molecule has 1 aromatic heterocycles. The van der Waals surface area contributed by atoms with Gasteiger partial charge < -0.3 is 20.1 Å². The molecule has 3 N–H and O–H groups in total. The Hall–Kier alpha value is -3.66. The van der Waals surface area contributed by atoms with E-state index in [1.807, 2.05) is 48.5 Å². The van der Waals surface area contributed by atoms with Gasteiger partial charge in [0.15, 0.2) is 11.5 Å². The highest BCUT2D eigenvalue weighted by atomic mass is 32.1. The van der Waals surface area contributed by atoms with E-state index in [0.717, 1.165) is 36.8 Å². The first-order valence-corrected chi connectivity index (χ1v) is 12.6. The zero-order valence-electron chi connectivity index (χ0n) is 19.2. The van der Waals surface area contributed by atoms with Crippen molar-refractivity contribution >= 4 is 28.4 Å². The van der Waals surface area contributed by atoms with Crippen LogP contribution in [-0.2, 0) is 11.2 Å². The molecule has 182 valence electrons. The highest BCUT2D eigenvalue weighted by Gasteiger charge is 2.25. The van der Waals surface area contributed by atoms with Crippen LogP contribution in [0.1, 0.15) is 37.7 Å². The van der Waals surface area contributed by atoms with Crippen molar-refractivity contribution in [1.29, 1.82) is 0 Å². The maximum atomic E-state index is 13.2. The number of amides is 3. The molecule has 5 rings (SSSR count). The minimum absolute atomic E-state index is 0.150. The number of nitrogens with zero attached hydrogens (tertiary/aromatic N) is 2. The summed E-state index contributed by atoms with van der Waals surface area (Å²) in [4.78, 5) is 25.9. The topological polar surface area (TPSA) is 114 Å². The van der Waals surface area contributed by atoms with Gasteiger partial charge in [-0.05, 0) is 36.6 Å². The lowest BCUT2D eigenvalue weighted by atomic mass is 9.96. The number of hydrogen-bond donors (Lipinski definition) is 3. The molecular weight excluding hydrogens is 466 g/mol. The summed E-state index contributed by atoms with van der Waals surface area (Å²) in [5.41, 5.74) is 1.77. The van der Waals surface area contributed by atoms with E-state index < -0.39 is 6.04 Å². The van der Waals surface area contributed by atoms with Crippen molar-refractivity contribution in [3.8, 4) is 22.1 Å². The molecule has 0 bridgehead atoms. The monoisotopic (exact) mass is 493 g/mol. The number of carbonyl (C=O) groups excluding carboxylic acids is 2. The Bertz CT molecular complexity index is 1180. The molecule has 9 nitrogen and oxygen atoms in total. The molecule has 3 amide bonds. The van der Waals surface area contributed by atoms with Crippen molar-refractivity contribution in [2.75, 3.05) is 12.1 Å². The molecule has 0 spiro atoms. The van der Waals surface area contributed by atoms with Gasteiger partial charge in [0.25, 0.3) is 0 Å². The Labute approximate surface area is 207 Å². The van der Waals surface area contributed by atoms with Gasteiger partial charge in [-0.25, -0.2) is 4.79 Å². The number of nitrogens with one attached hydrogen (secondary N) is 3. The van der Waals surface area contributed by atoms with Crippen LogP contribution in [0, 0.1) is 0 Å². The van der Waals surface area contributed by atoms with Gasteiger partial charge in [0.1, 0.15) is 11.0 Å². The van der Waals surface area contributed by atoms with Gasteiger partial charge in [0.2, 0.25) is 17.8 Å². The summed E-state index contributed by atoms with van der Waals surface area (Å²) >= 11 is 1.25. The fraction of sp³-hybridized carbons (Fsp3) is 0.360. The first kappa shape index (κ1) is 23.1. The summed E-state index contributed by atoms with van der Waals surface area (Å²) in [7, 11) is 0. The summed E-state index contributed by atoms with van der Waals surface area (Å²) < 4.78 is 10.8. The maximum Gasteiger partial charge on any atom is 0.315 e. The van der Waals surface area contributed by atoms with Crippen LogP contribution in [0.5, 0.6) is 11.5 Å². The third-order valence-electron chi connectivity index (χ3n) is 6.12. The van der Waals surface area contributed by atoms with Crippen LogP contribution in [-0.4, -0.2) is 41.0 Å². The number of carbonyl (C=O) groups is 2. The first-order chi connectivity index (χ1) is 17.1. The molecule has 1 aliphatic carbocycles. The highest BCUT2D eigenvalue weighted by molar-refractivity contribution is 7.18. The van der Waals surface area contributed by atoms with Gasteiger partial charge in [-0.15, -0.1) is 10.2 Å². The SMILES string of the molecule is O=C(NC1CCCCC1)N[C@@H](Cc1ccccc1)C(=O)Nc1nnc(-c2ccc3c(c2)OCO3)s1. The average molecular weight is 494 g/mol. The molecule has 0 radical (unpaired) electrons. The van der Waals surface area contributed by atoms with Crippen molar-refractivity contribution in [1.82, 2.24) is 20.8 Å². The first-order valence-electron chi connectivity index (χ1n) is 11.8. The predicted octanol–water partition coefficient (Wildman–Crippen LogP) is 4.12. The quantitative estimate of drug-likeness (QED) is 0.456. The van der Waals surface area contributed by atoms with Gasteiger partial charge in [0, 0.05) is 18.0 Å². The molecular formula is C25H27N5O4S. The zero-order valence-corrected chi connectivity index (χ0v) is 20.0. The Morgan fingerprint density at radius 2 is 1.80 bits per heavy atom. The van der Waals surface area contributed by atoms with E-state index in [2.05, 4.69) is 26.1 Å². The lowest BCUT2D eigenvalue weighted by molar-refractivity contribution is -0.117. The summed E-state index contributed by atoms with van der Waals surface area (Å²) in [5.74, 6) is 0.994. The van der Waals surface area contributed by atoms with Gasteiger partial charge in [0.05, 0.1) is 0 Å². The van der Waals surface area contributed by atoms with Crippen LogP contribution in [0.4, 0.5) is 9.93 Å². The molecule has 2 aliphatic rings. The third kappa shape index (κ3) is 5.89. The minimum Gasteiger partial charge on any atom is -0.454 e. The van der Waals surface area contributed by atoms with E-state index in [1.54, 1.807) is 0 Å². The smallest absolute Gasteiger partial charge is 0.315 e. The van der Waals surface area contributed by atoms with Gasteiger partial charge >= 0.3 is 6.03 Å². The Morgan fingerprint density at radius 1 is 1.00 bits per heavy atom. The lowest BCUT2D eigenvalue weighted by Crippen LogP contribution is -2.51. The number of ether oxygens (including phenoxy) is 2. The predicted molar refractivity (Wildman–Crippen MR) is 133 cm³/mol. The Kier molecular flexibility index (Phi) is 7.08. The van der Waals surface area contributed by atoms with Gasteiger partial charge in [-0.3, -0.25) is 10.1 Å². The van der Waals surface area contributed by atoms with Gasteiger partial charge in [-0.1, -0.05) is 60.9 Å². The van der Waals surface area contributed by atoms with Crippen LogP contribution in [0.2, 0.25) is 0 Å². The molecule has 1 aliphatic heterocycles. The minimum atomic E-state index is -0.765. The molecule has 2 aromatic carbocycles. The average Bonchev–Trinajstić information content (AvgIpc) is 3.54. The highest BCUT2D eigenvalue weighted by Crippen LogP contribution is 2.37. The van der Waals surface area contributed by atoms with E-state index >= 15 is 0 Å². The van der Waals surface area contributed by atoms with Gasteiger partial charge in [-0.2, -0.15) is 0 Å². The van der Waals surface area contributed by atoms with Crippen LogP contribution >= 0.6 is 11.3 Å². The van der Waals surface area contributed by atoms with Crippen molar-refractivity contribution in [2.24, 2.45) is 0 Å². The third-order valence-corrected chi connectivity index (χ3v) is 7.01. The molecule has 3 aromatic rings. The van der Waals surface area contributed by atoms with E-state index in [9.17, 15) is 9.59 Å². The molecule has 1 atom stereocenters. The fourth-order valence-corrected chi connectivity index (χ4v) is 5.05. The number of fused-ring (bicyclic) bond motifs is 1. The lowest BCUT2D eigenvalue weighted by Gasteiger charge is -2.25. The fourth-order valence-electron chi connectivity index (χ4n) is 4.30. The zero-order chi connectivity index (χ0) is 24.0. The second-order valence-electron chi connectivity index (χ2n) is 8.66. The molecule has 2 heterocycles. The number of aromatic nitrogens is 2. The number of urea groups is 1. The van der Waals surface area contributed by atoms with E-state index in [-0.39, 0.29) is 24.8 Å². The van der Waals surface area contributed by atoms with Crippen LogP contribution in [0.3, 0.4) is 0 Å². The van der Waals surface area contributed by atoms with E-state index in [4.69, 9.17) is 9.47 Å². The van der Waals surface area contributed by atoms with Crippen LogP contribution < -0.4 is 25.4 Å². The number of anilines is 1. The summed E-state index contributed by atoms with van der Waals surface area (Å²) in [6.45, 7) is 0.195. The Morgan fingerprint density at radius 3 is 2.63 bits per heavy atom. The number of hydrogen-bond acceptors (Lipinski definition) is 7. The summed E-state index contributed by atoms with van der Waals surface area (Å²) in [6, 6.07) is 14.2. The van der Waals surface area contributed by atoms with Crippen molar-refractivity contribution in [2.45, 2.75) is 50.6 Å². The second kappa shape index (κ2) is 10.7. The van der Waals surface area contributed by atoms with Crippen molar-refractivity contribution < 1.29 is 19.1 Å². The standard InChI is InChI=1S/C25H27N5O4S/c31-22(28-25-30-29-23(35-25)17-11-12-20-21(14-17)34-15-33-20)19(13-16-7-3-1-4-8-16)27-24(32)26-18-9-5-2-6-10-18/h1,3-4,7-8,11-12,14,18-19H,2,5-6,9-10,13,15H2,(H2,26,27,32)(H,28,30,31)/t19-/m0/s1. The molecule has 10 heteroatoms. The second-order valence-corrected chi connectivity index (χ2v) is 9.64. The maximum absolute atomic E-state index is 13.2. The molecule has 1 saturated carbocycles. The normalized spacial score (nSPS) is 15.9. The van der Waals surface area contributed by atoms with Crippen molar-refractivity contribution in [3.05, 3.63) is 54.1 Å². The molecule has 1 fully saturated rings.